The summed E-state index contributed by atoms with van der Waals surface area (Å²) in [7, 11) is 0. The predicted octanol–water partition coefficient (Wildman–Crippen LogP) is 3.61. The Labute approximate surface area is 121 Å². The van der Waals surface area contributed by atoms with E-state index in [2.05, 4.69) is 30.0 Å². The lowest BCUT2D eigenvalue weighted by Crippen LogP contribution is -2.40. The molecule has 0 aliphatic carbocycles. The van der Waals surface area contributed by atoms with E-state index in [1.54, 1.807) is 0 Å². The van der Waals surface area contributed by atoms with Crippen LogP contribution in [0.1, 0.15) is 44.6 Å². The summed E-state index contributed by atoms with van der Waals surface area (Å²) in [6.07, 6.45) is 7.80. The zero-order chi connectivity index (χ0) is 13.8. The molecule has 110 valence electrons. The molecule has 1 unspecified atom stereocenters. The van der Waals surface area contributed by atoms with Crippen molar-refractivity contribution in [2.24, 2.45) is 0 Å². The average molecular weight is 275 g/mol. The van der Waals surface area contributed by atoms with E-state index in [0.717, 1.165) is 17.9 Å². The molecule has 2 aliphatic heterocycles. The van der Waals surface area contributed by atoms with Crippen molar-refractivity contribution < 1.29 is 9.47 Å². The summed E-state index contributed by atoms with van der Waals surface area (Å²) >= 11 is 0. The van der Waals surface area contributed by atoms with Gasteiger partial charge in [0.05, 0.1) is 0 Å². The fourth-order valence-electron chi connectivity index (χ4n) is 3.37. The zero-order valence-corrected chi connectivity index (χ0v) is 12.4. The lowest BCUT2D eigenvalue weighted by Gasteiger charge is -2.34. The second-order valence-corrected chi connectivity index (χ2v) is 5.93. The molecule has 1 aromatic rings. The number of benzene rings is 1. The molecule has 0 N–H and O–H groups in total. The van der Waals surface area contributed by atoms with Crippen LogP contribution >= 0.6 is 0 Å². The number of rotatable bonds is 5. The number of likely N-dealkylation sites (tertiary alicyclic amines) is 1. The van der Waals surface area contributed by atoms with Crippen molar-refractivity contribution in [3.8, 4) is 11.5 Å². The van der Waals surface area contributed by atoms with Crippen molar-refractivity contribution in [3.63, 3.8) is 0 Å². The second-order valence-electron chi connectivity index (χ2n) is 5.93. The van der Waals surface area contributed by atoms with E-state index in [9.17, 15) is 0 Å². The van der Waals surface area contributed by atoms with Gasteiger partial charge in [0.15, 0.2) is 11.5 Å². The van der Waals surface area contributed by atoms with Gasteiger partial charge in [-0.15, -0.1) is 0 Å². The Kier molecular flexibility index (Phi) is 4.46. The minimum absolute atomic E-state index is 0.364. The van der Waals surface area contributed by atoms with Gasteiger partial charge in [0.25, 0.3) is 0 Å². The molecule has 1 aromatic carbocycles. The van der Waals surface area contributed by atoms with Gasteiger partial charge in [0.2, 0.25) is 6.79 Å². The maximum absolute atomic E-state index is 5.49. The van der Waals surface area contributed by atoms with Gasteiger partial charge < -0.3 is 14.4 Å². The minimum Gasteiger partial charge on any atom is -0.454 e. The average Bonchev–Trinajstić information content (AvgIpc) is 2.95. The van der Waals surface area contributed by atoms with Crippen LogP contribution in [0.15, 0.2) is 18.2 Å². The van der Waals surface area contributed by atoms with E-state index in [0.29, 0.717) is 12.8 Å². The van der Waals surface area contributed by atoms with E-state index in [4.69, 9.17) is 9.47 Å². The number of hydrogen-bond acceptors (Lipinski definition) is 3. The van der Waals surface area contributed by atoms with Crippen molar-refractivity contribution in [2.75, 3.05) is 19.9 Å². The molecule has 0 bridgehead atoms. The SMILES string of the molecule is CCCC(Cc1ccc2c(c1)OCO2)N1CCCCC1. The molecule has 1 fully saturated rings. The molecule has 0 radical (unpaired) electrons. The largest absolute Gasteiger partial charge is 0.454 e. The first-order valence-electron chi connectivity index (χ1n) is 7.99. The molecule has 0 saturated carbocycles. The lowest BCUT2D eigenvalue weighted by molar-refractivity contribution is 0.153. The summed E-state index contributed by atoms with van der Waals surface area (Å²) in [5, 5.41) is 0. The molecule has 3 heteroatoms. The Morgan fingerprint density at radius 3 is 2.70 bits per heavy atom. The molecular weight excluding hydrogens is 250 g/mol. The Hall–Kier alpha value is -1.22. The van der Waals surface area contributed by atoms with Crippen LogP contribution in [0.2, 0.25) is 0 Å². The van der Waals surface area contributed by atoms with Gasteiger partial charge in [-0.25, -0.2) is 0 Å². The highest BCUT2D eigenvalue weighted by atomic mass is 16.7. The van der Waals surface area contributed by atoms with Gasteiger partial charge in [-0.2, -0.15) is 0 Å². The summed E-state index contributed by atoms with van der Waals surface area (Å²) in [5.74, 6) is 1.80. The zero-order valence-electron chi connectivity index (χ0n) is 12.4. The van der Waals surface area contributed by atoms with E-state index >= 15 is 0 Å². The Morgan fingerprint density at radius 2 is 1.90 bits per heavy atom. The monoisotopic (exact) mass is 275 g/mol. The molecule has 0 spiro atoms. The minimum atomic E-state index is 0.364. The summed E-state index contributed by atoms with van der Waals surface area (Å²) < 4.78 is 10.9. The molecule has 3 rings (SSSR count). The summed E-state index contributed by atoms with van der Waals surface area (Å²) in [4.78, 5) is 2.69. The number of nitrogens with zero attached hydrogens (tertiary/aromatic N) is 1. The summed E-state index contributed by atoms with van der Waals surface area (Å²) in [5.41, 5.74) is 1.37. The molecule has 20 heavy (non-hydrogen) atoms. The molecule has 2 heterocycles. The van der Waals surface area contributed by atoms with E-state index < -0.39 is 0 Å². The van der Waals surface area contributed by atoms with Crippen LogP contribution in [0.3, 0.4) is 0 Å². The maximum atomic E-state index is 5.49. The molecular formula is C17H25NO2. The van der Waals surface area contributed by atoms with Gasteiger partial charge in [0.1, 0.15) is 0 Å². The molecule has 2 aliphatic rings. The fraction of sp³-hybridized carbons (Fsp3) is 0.647. The second kappa shape index (κ2) is 6.49. The molecule has 1 saturated heterocycles. The Bertz CT molecular complexity index is 441. The van der Waals surface area contributed by atoms with Crippen LogP contribution in [0, 0.1) is 0 Å². The highest BCUT2D eigenvalue weighted by Gasteiger charge is 2.21. The maximum Gasteiger partial charge on any atom is 0.231 e. The van der Waals surface area contributed by atoms with Gasteiger partial charge in [0, 0.05) is 6.04 Å². The van der Waals surface area contributed by atoms with Crippen LogP contribution in [0.5, 0.6) is 11.5 Å². The van der Waals surface area contributed by atoms with Crippen LogP contribution in [0.4, 0.5) is 0 Å². The number of piperidine rings is 1. The fourth-order valence-corrected chi connectivity index (χ4v) is 3.37. The number of fused-ring (bicyclic) bond motifs is 1. The van der Waals surface area contributed by atoms with Crippen molar-refractivity contribution in [2.45, 2.75) is 51.5 Å². The van der Waals surface area contributed by atoms with Crippen molar-refractivity contribution in [1.82, 2.24) is 4.90 Å². The van der Waals surface area contributed by atoms with Crippen LogP contribution < -0.4 is 9.47 Å². The number of ether oxygens (including phenoxy) is 2. The van der Waals surface area contributed by atoms with Gasteiger partial charge in [-0.1, -0.05) is 25.8 Å². The van der Waals surface area contributed by atoms with Crippen LogP contribution in [-0.2, 0) is 6.42 Å². The van der Waals surface area contributed by atoms with Crippen molar-refractivity contribution in [1.29, 1.82) is 0 Å². The van der Waals surface area contributed by atoms with Crippen molar-refractivity contribution in [3.05, 3.63) is 23.8 Å². The van der Waals surface area contributed by atoms with Crippen molar-refractivity contribution >= 4 is 0 Å². The molecule has 0 aromatic heterocycles. The number of hydrogen-bond donors (Lipinski definition) is 0. The highest BCUT2D eigenvalue weighted by molar-refractivity contribution is 5.44. The Morgan fingerprint density at radius 1 is 1.10 bits per heavy atom. The summed E-state index contributed by atoms with van der Waals surface area (Å²) in [6, 6.07) is 7.09. The Balaban J connectivity index is 1.68. The van der Waals surface area contributed by atoms with Gasteiger partial charge >= 0.3 is 0 Å². The molecule has 3 nitrogen and oxygen atoms in total. The highest BCUT2D eigenvalue weighted by Crippen LogP contribution is 2.33. The normalized spacial score (nSPS) is 20.1. The first-order chi connectivity index (χ1) is 9.86. The predicted molar refractivity (Wildman–Crippen MR) is 80.4 cm³/mol. The van der Waals surface area contributed by atoms with Crippen LogP contribution in [0.25, 0.3) is 0 Å². The standard InChI is InChI=1S/C17H25NO2/c1-2-6-15(18-9-4-3-5-10-18)11-14-7-8-16-17(12-14)20-13-19-16/h7-8,12,15H,2-6,9-11,13H2,1H3. The first-order valence-corrected chi connectivity index (χ1v) is 7.99. The smallest absolute Gasteiger partial charge is 0.231 e. The summed E-state index contributed by atoms with van der Waals surface area (Å²) in [6.45, 7) is 5.20. The third kappa shape index (κ3) is 3.09. The first kappa shape index (κ1) is 13.7. The van der Waals surface area contributed by atoms with Crippen LogP contribution in [-0.4, -0.2) is 30.8 Å². The third-order valence-corrected chi connectivity index (χ3v) is 4.44. The topological polar surface area (TPSA) is 21.7 Å². The van der Waals surface area contributed by atoms with Gasteiger partial charge in [-0.05, 0) is 56.5 Å². The quantitative estimate of drug-likeness (QED) is 0.819. The van der Waals surface area contributed by atoms with Gasteiger partial charge in [-0.3, -0.25) is 0 Å². The van der Waals surface area contributed by atoms with E-state index in [1.807, 2.05) is 0 Å². The molecule has 0 amide bonds. The molecule has 1 atom stereocenters. The van der Waals surface area contributed by atoms with E-state index in [-0.39, 0.29) is 0 Å². The third-order valence-electron chi connectivity index (χ3n) is 4.44. The lowest BCUT2D eigenvalue weighted by atomic mass is 9.98. The van der Waals surface area contributed by atoms with E-state index in [1.165, 1.54) is 50.8 Å².